The molecule has 1 N–H and O–H groups in total. The standard InChI is InChI=1S/C27H21N5O4/c1-18-23(27(33)31(28-18)22-11-7-4-8-12-22)15-20-17-30(21-9-5-3-6-10-21)29-26(20)19-13-14-25(36-2)24(16-19)32(34)35/h3-17,28H,1H2,2H3/b23-15+. The smallest absolute Gasteiger partial charge is 0.311 e. The molecule has 0 unspecified atom stereocenters. The third-order valence-electron chi connectivity index (χ3n) is 5.73. The van der Waals surface area contributed by atoms with E-state index in [4.69, 9.17) is 9.84 Å². The summed E-state index contributed by atoms with van der Waals surface area (Å²) in [6.07, 6.45) is 3.47. The number of rotatable bonds is 6. The fraction of sp³-hybridized carbons (Fsp3) is 0.0370. The first-order valence-electron chi connectivity index (χ1n) is 11.0. The summed E-state index contributed by atoms with van der Waals surface area (Å²) in [4.78, 5) is 24.4. The van der Waals surface area contributed by atoms with Crippen LogP contribution in [0, 0.1) is 10.1 Å². The average Bonchev–Trinajstić information content (AvgIpc) is 3.46. The van der Waals surface area contributed by atoms with Crippen molar-refractivity contribution < 1.29 is 9.66 Å². The molecule has 0 aliphatic carbocycles. The van der Waals surface area contributed by atoms with Crippen molar-refractivity contribution in [1.82, 2.24) is 19.6 Å². The van der Waals surface area contributed by atoms with Crippen LogP contribution < -0.4 is 20.9 Å². The number of hydrogen-bond donors (Lipinski definition) is 1. The summed E-state index contributed by atoms with van der Waals surface area (Å²) in [5, 5.41) is 20.1. The van der Waals surface area contributed by atoms with Crippen molar-refractivity contribution in [3.05, 3.63) is 122 Å². The summed E-state index contributed by atoms with van der Waals surface area (Å²) in [6, 6.07) is 23.3. The predicted octanol–water partition coefficient (Wildman–Crippen LogP) is 3.17. The van der Waals surface area contributed by atoms with E-state index in [1.165, 1.54) is 23.9 Å². The second-order valence-electron chi connectivity index (χ2n) is 7.98. The monoisotopic (exact) mass is 479 g/mol. The van der Waals surface area contributed by atoms with E-state index >= 15 is 0 Å². The number of H-pyrrole nitrogens is 1. The van der Waals surface area contributed by atoms with Gasteiger partial charge >= 0.3 is 5.69 Å². The molecule has 5 aromatic rings. The number of ether oxygens (including phenoxy) is 1. The number of methoxy groups -OCH3 is 1. The Morgan fingerprint density at radius 1 is 1.03 bits per heavy atom. The minimum Gasteiger partial charge on any atom is -0.490 e. The van der Waals surface area contributed by atoms with Crippen LogP contribution in [0.5, 0.6) is 5.75 Å². The highest BCUT2D eigenvalue weighted by Gasteiger charge is 2.19. The van der Waals surface area contributed by atoms with Gasteiger partial charge in [-0.15, -0.1) is 0 Å². The second kappa shape index (κ2) is 9.22. The molecule has 178 valence electrons. The quantitative estimate of drug-likeness (QED) is 0.297. The maximum Gasteiger partial charge on any atom is 0.311 e. The van der Waals surface area contributed by atoms with Gasteiger partial charge in [0.15, 0.2) is 5.75 Å². The summed E-state index contributed by atoms with van der Waals surface area (Å²) < 4.78 is 8.24. The SMILES string of the molecule is C=c1[nH]n(-c2ccccc2)c(=O)/c1=C/c1cn(-c2ccccc2)nc1-c1ccc(OC)c([N+](=O)[O-])c1. The Morgan fingerprint density at radius 3 is 2.33 bits per heavy atom. The highest BCUT2D eigenvalue weighted by Crippen LogP contribution is 2.33. The molecule has 2 aromatic heterocycles. The lowest BCUT2D eigenvalue weighted by Crippen LogP contribution is -2.33. The summed E-state index contributed by atoms with van der Waals surface area (Å²) in [7, 11) is 1.38. The van der Waals surface area contributed by atoms with Crippen LogP contribution in [0.2, 0.25) is 0 Å². The molecule has 2 heterocycles. The van der Waals surface area contributed by atoms with Gasteiger partial charge in [-0.25, -0.2) is 9.36 Å². The van der Waals surface area contributed by atoms with E-state index in [2.05, 4.69) is 11.7 Å². The van der Waals surface area contributed by atoms with E-state index in [9.17, 15) is 14.9 Å². The number of aromatic amines is 1. The van der Waals surface area contributed by atoms with E-state index in [0.29, 0.717) is 33.1 Å². The number of nitro groups is 1. The zero-order valence-corrected chi connectivity index (χ0v) is 19.3. The van der Waals surface area contributed by atoms with Gasteiger partial charge in [0, 0.05) is 23.4 Å². The molecular weight excluding hydrogens is 458 g/mol. The van der Waals surface area contributed by atoms with Gasteiger partial charge in [0.25, 0.3) is 5.56 Å². The van der Waals surface area contributed by atoms with Crippen molar-refractivity contribution in [3.8, 4) is 28.4 Å². The molecule has 0 saturated heterocycles. The normalized spacial score (nSPS) is 11.5. The first-order chi connectivity index (χ1) is 17.5. The fourth-order valence-electron chi connectivity index (χ4n) is 3.97. The molecule has 5 rings (SSSR count). The number of nitro benzene ring substituents is 1. The molecule has 0 radical (unpaired) electrons. The Morgan fingerprint density at radius 2 is 1.69 bits per heavy atom. The van der Waals surface area contributed by atoms with Gasteiger partial charge in [-0.3, -0.25) is 20.0 Å². The van der Waals surface area contributed by atoms with Gasteiger partial charge in [-0.2, -0.15) is 5.10 Å². The van der Waals surface area contributed by atoms with Crippen LogP contribution in [0.25, 0.3) is 35.3 Å². The number of hydrogen-bond acceptors (Lipinski definition) is 5. The summed E-state index contributed by atoms with van der Waals surface area (Å²) >= 11 is 0. The summed E-state index contributed by atoms with van der Waals surface area (Å²) in [5.41, 5.74) is 2.60. The molecule has 0 aliphatic heterocycles. The average molecular weight is 479 g/mol. The van der Waals surface area contributed by atoms with Gasteiger partial charge in [-0.05, 0) is 42.5 Å². The second-order valence-corrected chi connectivity index (χ2v) is 7.98. The van der Waals surface area contributed by atoms with E-state index in [1.54, 1.807) is 23.0 Å². The Labute approximate surface area is 205 Å². The van der Waals surface area contributed by atoms with Gasteiger partial charge in [-0.1, -0.05) is 43.0 Å². The summed E-state index contributed by atoms with van der Waals surface area (Å²) in [6.45, 7) is 4.01. The number of nitrogens with one attached hydrogen (secondary N) is 1. The zero-order valence-electron chi connectivity index (χ0n) is 19.3. The highest BCUT2D eigenvalue weighted by atomic mass is 16.6. The van der Waals surface area contributed by atoms with E-state index in [-0.39, 0.29) is 17.0 Å². The van der Waals surface area contributed by atoms with Crippen LogP contribution >= 0.6 is 0 Å². The predicted molar refractivity (Wildman–Crippen MR) is 137 cm³/mol. The third-order valence-corrected chi connectivity index (χ3v) is 5.73. The van der Waals surface area contributed by atoms with E-state index in [0.717, 1.165) is 5.69 Å². The molecule has 9 nitrogen and oxygen atoms in total. The van der Waals surface area contributed by atoms with Crippen LogP contribution in [0.3, 0.4) is 0 Å². The zero-order chi connectivity index (χ0) is 25.2. The maximum atomic E-state index is 13.3. The van der Waals surface area contributed by atoms with Crippen LogP contribution in [0.1, 0.15) is 5.56 Å². The molecule has 0 saturated carbocycles. The third kappa shape index (κ3) is 4.09. The molecule has 0 bridgehead atoms. The minimum atomic E-state index is -0.501. The Kier molecular flexibility index (Phi) is 5.79. The Balaban J connectivity index is 1.74. The molecule has 0 amide bonds. The van der Waals surface area contributed by atoms with Crippen molar-refractivity contribution in [2.75, 3.05) is 7.11 Å². The molecule has 0 spiro atoms. The minimum absolute atomic E-state index is 0.146. The number of benzene rings is 3. The molecule has 0 atom stereocenters. The van der Waals surface area contributed by atoms with Crippen molar-refractivity contribution in [1.29, 1.82) is 0 Å². The molecule has 0 aliphatic rings. The molecule has 0 fully saturated rings. The fourth-order valence-corrected chi connectivity index (χ4v) is 3.97. The van der Waals surface area contributed by atoms with E-state index in [1.807, 2.05) is 60.7 Å². The number of aromatic nitrogens is 4. The van der Waals surface area contributed by atoms with Crippen LogP contribution in [-0.2, 0) is 0 Å². The maximum absolute atomic E-state index is 13.3. The van der Waals surface area contributed by atoms with Crippen LogP contribution in [-0.4, -0.2) is 31.6 Å². The van der Waals surface area contributed by atoms with Gasteiger partial charge in [0.1, 0.15) is 5.69 Å². The van der Waals surface area contributed by atoms with Crippen LogP contribution in [0.4, 0.5) is 5.69 Å². The number of nitrogens with zero attached hydrogens (tertiary/aromatic N) is 4. The molecular formula is C27H21N5O4. The van der Waals surface area contributed by atoms with Crippen molar-refractivity contribution in [2.45, 2.75) is 0 Å². The van der Waals surface area contributed by atoms with Crippen molar-refractivity contribution in [2.24, 2.45) is 0 Å². The largest absolute Gasteiger partial charge is 0.490 e. The Bertz CT molecular complexity index is 1730. The first kappa shape index (κ1) is 22.6. The van der Waals surface area contributed by atoms with Crippen LogP contribution in [0.15, 0.2) is 89.9 Å². The molecule has 9 heteroatoms. The molecule has 36 heavy (non-hydrogen) atoms. The highest BCUT2D eigenvalue weighted by molar-refractivity contribution is 5.74. The topological polar surface area (TPSA) is 108 Å². The molecule has 3 aromatic carbocycles. The van der Waals surface area contributed by atoms with Crippen molar-refractivity contribution >= 4 is 18.3 Å². The van der Waals surface area contributed by atoms with E-state index < -0.39 is 4.92 Å². The van der Waals surface area contributed by atoms with Gasteiger partial charge in [0.05, 0.1) is 34.0 Å². The van der Waals surface area contributed by atoms with Gasteiger partial charge < -0.3 is 4.74 Å². The van der Waals surface area contributed by atoms with Crippen molar-refractivity contribution in [3.63, 3.8) is 0 Å². The lowest BCUT2D eigenvalue weighted by molar-refractivity contribution is -0.385. The first-order valence-corrected chi connectivity index (χ1v) is 11.0. The summed E-state index contributed by atoms with van der Waals surface area (Å²) in [5.74, 6) is 0.146. The number of para-hydroxylation sites is 2. The van der Waals surface area contributed by atoms with Gasteiger partial charge in [0.2, 0.25) is 0 Å². The lowest BCUT2D eigenvalue weighted by atomic mass is 10.1. The Hall–Kier alpha value is -5.18. The lowest BCUT2D eigenvalue weighted by Gasteiger charge is -2.04.